The van der Waals surface area contributed by atoms with Gasteiger partial charge in [-0.05, 0) is 37.5 Å². The maximum absolute atomic E-state index is 12.1. The smallest absolute Gasteiger partial charge is 0.321 e. The van der Waals surface area contributed by atoms with Crippen molar-refractivity contribution in [3.8, 4) is 0 Å². The SMILES string of the molecule is CC1N=C(NC(=O)NC2CCCCC2)SC1c1ccc(Cl)cc1. The van der Waals surface area contributed by atoms with Gasteiger partial charge in [0.2, 0.25) is 0 Å². The number of amides is 2. The molecule has 0 aromatic heterocycles. The molecule has 0 spiro atoms. The number of halogens is 1. The van der Waals surface area contributed by atoms with E-state index in [1.165, 1.54) is 24.8 Å². The summed E-state index contributed by atoms with van der Waals surface area (Å²) in [7, 11) is 0. The van der Waals surface area contributed by atoms with E-state index in [9.17, 15) is 4.79 Å². The minimum atomic E-state index is -0.132. The Labute approximate surface area is 146 Å². The number of benzene rings is 1. The van der Waals surface area contributed by atoms with E-state index in [-0.39, 0.29) is 17.3 Å². The van der Waals surface area contributed by atoms with Crippen LogP contribution in [0.2, 0.25) is 5.02 Å². The first-order valence-electron chi connectivity index (χ1n) is 8.19. The van der Waals surface area contributed by atoms with Crippen molar-refractivity contribution in [3.63, 3.8) is 0 Å². The molecule has 1 saturated carbocycles. The summed E-state index contributed by atoms with van der Waals surface area (Å²) in [4.78, 5) is 16.7. The molecule has 124 valence electrons. The summed E-state index contributed by atoms with van der Waals surface area (Å²) in [5.41, 5.74) is 1.18. The lowest BCUT2D eigenvalue weighted by Crippen LogP contribution is -2.44. The predicted octanol–water partition coefficient (Wildman–Crippen LogP) is 4.50. The lowest BCUT2D eigenvalue weighted by molar-refractivity contribution is 0.237. The van der Waals surface area contributed by atoms with Crippen molar-refractivity contribution in [1.82, 2.24) is 10.6 Å². The van der Waals surface area contributed by atoms with E-state index < -0.39 is 0 Å². The minimum Gasteiger partial charge on any atom is -0.335 e. The van der Waals surface area contributed by atoms with Crippen LogP contribution in [0.4, 0.5) is 4.79 Å². The van der Waals surface area contributed by atoms with Gasteiger partial charge in [0.1, 0.15) is 0 Å². The highest BCUT2D eigenvalue weighted by molar-refractivity contribution is 8.14. The molecule has 1 fully saturated rings. The maximum atomic E-state index is 12.1. The van der Waals surface area contributed by atoms with Gasteiger partial charge < -0.3 is 5.32 Å². The van der Waals surface area contributed by atoms with Crippen LogP contribution in [0.3, 0.4) is 0 Å². The van der Waals surface area contributed by atoms with E-state index in [4.69, 9.17) is 11.6 Å². The number of aliphatic imine (C=N–C) groups is 1. The number of nitrogens with zero attached hydrogens (tertiary/aromatic N) is 1. The van der Waals surface area contributed by atoms with E-state index in [0.717, 1.165) is 17.9 Å². The zero-order valence-electron chi connectivity index (χ0n) is 13.2. The van der Waals surface area contributed by atoms with E-state index in [1.54, 1.807) is 11.8 Å². The van der Waals surface area contributed by atoms with E-state index in [1.807, 2.05) is 24.3 Å². The average molecular weight is 352 g/mol. The summed E-state index contributed by atoms with van der Waals surface area (Å²) in [5.74, 6) is 0. The fraction of sp³-hybridized carbons (Fsp3) is 0.529. The monoisotopic (exact) mass is 351 g/mol. The molecule has 2 aliphatic rings. The second-order valence-electron chi connectivity index (χ2n) is 6.20. The molecule has 1 aliphatic heterocycles. The van der Waals surface area contributed by atoms with Crippen LogP contribution in [0, 0.1) is 0 Å². The molecule has 1 aromatic carbocycles. The topological polar surface area (TPSA) is 53.5 Å². The number of rotatable bonds is 2. The van der Waals surface area contributed by atoms with Gasteiger partial charge in [-0.3, -0.25) is 10.3 Å². The predicted molar refractivity (Wildman–Crippen MR) is 97.2 cm³/mol. The number of carbonyl (C=O) groups excluding carboxylic acids is 1. The van der Waals surface area contributed by atoms with Gasteiger partial charge in [-0.2, -0.15) is 0 Å². The van der Waals surface area contributed by atoms with E-state index in [2.05, 4.69) is 22.5 Å². The van der Waals surface area contributed by atoms with Crippen molar-refractivity contribution in [2.75, 3.05) is 0 Å². The number of hydrogen-bond acceptors (Lipinski definition) is 3. The maximum Gasteiger partial charge on any atom is 0.321 e. The quantitative estimate of drug-likeness (QED) is 0.823. The van der Waals surface area contributed by atoms with Gasteiger partial charge in [0.15, 0.2) is 5.17 Å². The number of nitrogens with one attached hydrogen (secondary N) is 2. The number of hydrogen-bond donors (Lipinski definition) is 2. The van der Waals surface area contributed by atoms with Gasteiger partial charge in [0.25, 0.3) is 0 Å². The summed E-state index contributed by atoms with van der Waals surface area (Å²) >= 11 is 7.55. The van der Waals surface area contributed by atoms with Crippen LogP contribution < -0.4 is 10.6 Å². The van der Waals surface area contributed by atoms with Crippen LogP contribution >= 0.6 is 23.4 Å². The Hall–Kier alpha value is -1.20. The van der Waals surface area contributed by atoms with E-state index >= 15 is 0 Å². The number of urea groups is 1. The molecule has 23 heavy (non-hydrogen) atoms. The second kappa shape index (κ2) is 7.58. The fourth-order valence-electron chi connectivity index (χ4n) is 3.13. The molecule has 1 aromatic rings. The van der Waals surface area contributed by atoms with Crippen molar-refractivity contribution in [2.24, 2.45) is 4.99 Å². The van der Waals surface area contributed by atoms with Crippen LogP contribution in [0.15, 0.2) is 29.3 Å². The molecule has 2 N–H and O–H groups in total. The lowest BCUT2D eigenvalue weighted by Gasteiger charge is -2.22. The Balaban J connectivity index is 1.54. The summed E-state index contributed by atoms with van der Waals surface area (Å²) < 4.78 is 0. The van der Waals surface area contributed by atoms with Crippen molar-refractivity contribution >= 4 is 34.6 Å². The van der Waals surface area contributed by atoms with Crippen LogP contribution in [0.1, 0.15) is 49.8 Å². The van der Waals surface area contributed by atoms with Gasteiger partial charge in [-0.25, -0.2) is 4.79 Å². The Morgan fingerprint density at radius 1 is 1.22 bits per heavy atom. The van der Waals surface area contributed by atoms with Gasteiger partial charge in [-0.15, -0.1) is 0 Å². The van der Waals surface area contributed by atoms with Crippen molar-refractivity contribution < 1.29 is 4.79 Å². The molecule has 0 saturated heterocycles. The van der Waals surface area contributed by atoms with Crippen LogP contribution in [-0.2, 0) is 0 Å². The lowest BCUT2D eigenvalue weighted by atomic mass is 9.96. The largest absolute Gasteiger partial charge is 0.335 e. The Kier molecular flexibility index (Phi) is 5.49. The first-order valence-corrected chi connectivity index (χ1v) is 9.45. The minimum absolute atomic E-state index is 0.131. The molecule has 2 amide bonds. The van der Waals surface area contributed by atoms with Gasteiger partial charge >= 0.3 is 6.03 Å². The fourth-order valence-corrected chi connectivity index (χ4v) is 4.42. The normalized spacial score (nSPS) is 25.0. The summed E-state index contributed by atoms with van der Waals surface area (Å²) in [5, 5.41) is 7.62. The molecular formula is C17H22ClN3OS. The molecule has 2 atom stereocenters. The van der Waals surface area contributed by atoms with Crippen LogP contribution in [0.25, 0.3) is 0 Å². The first kappa shape index (κ1) is 16.7. The summed E-state index contributed by atoms with van der Waals surface area (Å²) in [6, 6.07) is 8.14. The standard InChI is InChI=1S/C17H22ClN3OS/c1-11-15(12-7-9-13(18)10-8-12)23-17(19-11)21-16(22)20-14-5-3-2-4-6-14/h7-11,14-15H,2-6H2,1H3,(H2,19,20,21,22). The number of carbonyl (C=O) groups is 1. The van der Waals surface area contributed by atoms with Crippen molar-refractivity contribution in [2.45, 2.75) is 56.4 Å². The van der Waals surface area contributed by atoms with E-state index in [0.29, 0.717) is 11.2 Å². The summed E-state index contributed by atoms with van der Waals surface area (Å²) in [6.45, 7) is 2.07. The van der Waals surface area contributed by atoms with Gasteiger partial charge in [0, 0.05) is 11.1 Å². The highest BCUT2D eigenvalue weighted by atomic mass is 35.5. The average Bonchev–Trinajstić information content (AvgIpc) is 2.89. The highest BCUT2D eigenvalue weighted by Crippen LogP contribution is 2.39. The summed E-state index contributed by atoms with van der Waals surface area (Å²) in [6.07, 6.45) is 5.85. The molecule has 0 bridgehead atoms. The number of thioether (sulfide) groups is 1. The Morgan fingerprint density at radius 2 is 1.91 bits per heavy atom. The second-order valence-corrected chi connectivity index (χ2v) is 7.76. The highest BCUT2D eigenvalue weighted by Gasteiger charge is 2.29. The Bertz CT molecular complexity index is 584. The van der Waals surface area contributed by atoms with Crippen LogP contribution in [0.5, 0.6) is 0 Å². The third kappa shape index (κ3) is 4.42. The molecule has 1 heterocycles. The molecule has 1 aliphatic carbocycles. The van der Waals surface area contributed by atoms with Gasteiger partial charge in [-0.1, -0.05) is 54.8 Å². The zero-order chi connectivity index (χ0) is 16.2. The van der Waals surface area contributed by atoms with Crippen LogP contribution in [-0.4, -0.2) is 23.3 Å². The first-order chi connectivity index (χ1) is 11.1. The third-order valence-electron chi connectivity index (χ3n) is 4.36. The molecule has 2 unspecified atom stereocenters. The Morgan fingerprint density at radius 3 is 2.61 bits per heavy atom. The zero-order valence-corrected chi connectivity index (χ0v) is 14.8. The molecular weight excluding hydrogens is 330 g/mol. The van der Waals surface area contributed by atoms with Crippen molar-refractivity contribution in [1.29, 1.82) is 0 Å². The number of amidine groups is 1. The molecule has 0 radical (unpaired) electrons. The molecule has 6 heteroatoms. The molecule has 4 nitrogen and oxygen atoms in total. The third-order valence-corrected chi connectivity index (χ3v) is 5.96. The van der Waals surface area contributed by atoms with Crippen molar-refractivity contribution in [3.05, 3.63) is 34.9 Å². The van der Waals surface area contributed by atoms with Gasteiger partial charge in [0.05, 0.1) is 11.3 Å². The molecule has 3 rings (SSSR count).